The summed E-state index contributed by atoms with van der Waals surface area (Å²) >= 11 is 2.35. The van der Waals surface area contributed by atoms with Crippen molar-refractivity contribution in [1.82, 2.24) is 26.6 Å². The topological polar surface area (TPSA) is 122 Å². The molecule has 1 heterocycles. The number of rotatable bonds is 32. The Balaban J connectivity index is 0.971. The van der Waals surface area contributed by atoms with Crippen LogP contribution in [-0.2, 0) is 25.6 Å². The molecule has 0 saturated heterocycles. The number of nitrogens with one attached hydrogen (secondary N) is 5. The first-order chi connectivity index (χ1) is 26.0. The highest BCUT2D eigenvalue weighted by molar-refractivity contribution is 14.1. The van der Waals surface area contributed by atoms with E-state index >= 15 is 0 Å². The lowest BCUT2D eigenvalue weighted by Crippen LogP contribution is -2.38. The maximum absolute atomic E-state index is 12.5. The molecule has 0 saturated carbocycles. The van der Waals surface area contributed by atoms with Crippen molar-refractivity contribution in [3.63, 3.8) is 0 Å². The monoisotopic (exact) mass is 849 g/mol. The largest absolute Gasteiger partial charge is 0.497 e. The van der Waals surface area contributed by atoms with Gasteiger partial charge in [0.2, 0.25) is 0 Å². The van der Waals surface area contributed by atoms with Crippen molar-refractivity contribution in [2.75, 3.05) is 66.6 Å². The number of ether oxygens (including phenoxy) is 3. The van der Waals surface area contributed by atoms with Crippen molar-refractivity contribution in [2.45, 2.75) is 109 Å². The lowest BCUT2D eigenvalue weighted by Gasteiger charge is -2.28. The quantitative estimate of drug-likeness (QED) is 0.0234. The number of amides is 1. The van der Waals surface area contributed by atoms with E-state index in [-0.39, 0.29) is 17.4 Å². The van der Waals surface area contributed by atoms with Gasteiger partial charge >= 0.3 is 5.97 Å². The molecule has 2 unspecified atom stereocenters. The highest BCUT2D eigenvalue weighted by Crippen LogP contribution is 2.27. The molecule has 1 aromatic carbocycles. The number of hydrogen-bond acceptors (Lipinski definition) is 9. The summed E-state index contributed by atoms with van der Waals surface area (Å²) in [5.41, 5.74) is 1.31. The average Bonchev–Trinajstić information content (AvgIpc) is 3.16. The average molecular weight is 850 g/mol. The van der Waals surface area contributed by atoms with Crippen molar-refractivity contribution < 1.29 is 23.8 Å². The molecule has 10 nitrogen and oxygen atoms in total. The van der Waals surface area contributed by atoms with Gasteiger partial charge in [0.1, 0.15) is 23.2 Å². The second-order valence-electron chi connectivity index (χ2n) is 14.1. The Morgan fingerprint density at radius 2 is 1.21 bits per heavy atom. The van der Waals surface area contributed by atoms with Gasteiger partial charge in [-0.25, -0.2) is 4.79 Å². The molecule has 0 fully saturated rings. The first-order valence-electron chi connectivity index (χ1n) is 20.3. The van der Waals surface area contributed by atoms with Crippen LogP contribution in [0, 0.1) is 9.49 Å². The minimum atomic E-state index is -0.585. The molecule has 2 aliphatic rings. The fourth-order valence-corrected chi connectivity index (χ4v) is 7.12. The smallest absolute Gasteiger partial charge is 0.344 e. The summed E-state index contributed by atoms with van der Waals surface area (Å²) in [5.74, 6) is 0.524. The molecular formula is C42H68IN5O5. The second kappa shape index (κ2) is 28.9. The Morgan fingerprint density at radius 3 is 1.75 bits per heavy atom. The molecule has 53 heavy (non-hydrogen) atoms. The molecule has 1 aliphatic heterocycles. The lowest BCUT2D eigenvalue weighted by atomic mass is 9.92. The normalized spacial score (nSPS) is 16.5. The second-order valence-corrected chi connectivity index (χ2v) is 15.3. The molecule has 1 aliphatic carbocycles. The van der Waals surface area contributed by atoms with Crippen LogP contribution in [0.4, 0.5) is 0 Å². The van der Waals surface area contributed by atoms with Crippen molar-refractivity contribution >= 4 is 34.5 Å². The molecule has 1 aromatic rings. The standard InChI is InChI=1S/C42H68IN5O5/c1-51-37-20-18-34-31-38(42(50)53-40(34)32-37)41(49)48-29-17-28-46-26-15-8-7-13-24-44-22-11-5-3-4-6-12-23-45-25-14-9-10-16-27-47-33-35-30-36(43)19-21-39(35)52-2/h18-21,30-32,34,40,44-47H,3-17,22-29,33H2,1-2H3,(H,48,49). The van der Waals surface area contributed by atoms with Crippen LogP contribution in [-0.4, -0.2) is 84.6 Å². The lowest BCUT2D eigenvalue weighted by molar-refractivity contribution is -0.146. The Hall–Kier alpha value is -2.45. The first kappa shape index (κ1) is 44.9. The predicted octanol–water partition coefficient (Wildman–Crippen LogP) is 6.69. The zero-order valence-corrected chi connectivity index (χ0v) is 34.7. The predicted molar refractivity (Wildman–Crippen MR) is 224 cm³/mol. The number of halogens is 1. The van der Waals surface area contributed by atoms with Gasteiger partial charge in [0.15, 0.2) is 0 Å². The summed E-state index contributed by atoms with van der Waals surface area (Å²) in [7, 11) is 3.31. The van der Waals surface area contributed by atoms with E-state index in [2.05, 4.69) is 67.4 Å². The Morgan fingerprint density at radius 1 is 0.679 bits per heavy atom. The van der Waals surface area contributed by atoms with Gasteiger partial charge in [-0.05, 0) is 144 Å². The van der Waals surface area contributed by atoms with E-state index in [4.69, 9.17) is 14.2 Å². The highest BCUT2D eigenvalue weighted by atomic mass is 127. The summed E-state index contributed by atoms with van der Waals surface area (Å²) in [4.78, 5) is 24.8. The molecule has 0 bridgehead atoms. The summed E-state index contributed by atoms with van der Waals surface area (Å²) in [5, 5.41) is 17.1. The van der Waals surface area contributed by atoms with Crippen molar-refractivity contribution in [2.24, 2.45) is 5.92 Å². The highest BCUT2D eigenvalue weighted by Gasteiger charge is 2.33. The van der Waals surface area contributed by atoms with E-state index in [1.54, 1.807) is 26.4 Å². The van der Waals surface area contributed by atoms with Crippen molar-refractivity contribution in [3.8, 4) is 5.75 Å². The molecular weight excluding hydrogens is 781 g/mol. The molecule has 298 valence electrons. The van der Waals surface area contributed by atoms with Crippen LogP contribution in [0.5, 0.6) is 5.75 Å². The Bertz CT molecular complexity index is 1270. The minimum absolute atomic E-state index is 0.0800. The third-order valence-corrected chi connectivity index (χ3v) is 10.4. The van der Waals surface area contributed by atoms with Crippen LogP contribution in [0.15, 0.2) is 53.8 Å². The zero-order valence-electron chi connectivity index (χ0n) is 32.6. The SMILES string of the molecule is COC1=CC2OC(=O)C(C(=O)NCCCNCCCCCCNCCCCCCCCNCCCCCCNCc3cc(I)ccc3OC)=CC2C=C1. The number of benzene rings is 1. The number of unbranched alkanes of at least 4 members (excludes halogenated alkanes) is 11. The van der Waals surface area contributed by atoms with E-state index in [1.165, 1.54) is 99.0 Å². The molecule has 0 radical (unpaired) electrons. The summed E-state index contributed by atoms with van der Waals surface area (Å²) in [6.07, 6.45) is 25.5. The number of esters is 1. The van der Waals surface area contributed by atoms with Crippen LogP contribution in [0.25, 0.3) is 0 Å². The van der Waals surface area contributed by atoms with Gasteiger partial charge in [-0.3, -0.25) is 4.79 Å². The van der Waals surface area contributed by atoms with Crippen LogP contribution in [0.2, 0.25) is 0 Å². The fourth-order valence-electron chi connectivity index (χ4n) is 6.57. The first-order valence-corrected chi connectivity index (χ1v) is 21.4. The van der Waals surface area contributed by atoms with Crippen LogP contribution < -0.4 is 31.3 Å². The minimum Gasteiger partial charge on any atom is -0.497 e. The van der Waals surface area contributed by atoms with Gasteiger partial charge in [0, 0.05) is 28.1 Å². The molecule has 11 heteroatoms. The van der Waals surface area contributed by atoms with Gasteiger partial charge in [-0.1, -0.05) is 63.5 Å². The number of fused-ring (bicyclic) bond motifs is 1. The van der Waals surface area contributed by atoms with Crippen molar-refractivity contribution in [3.05, 3.63) is 63.0 Å². The number of carbonyl (C=O) groups is 2. The van der Waals surface area contributed by atoms with Crippen LogP contribution in [0.3, 0.4) is 0 Å². The van der Waals surface area contributed by atoms with Crippen LogP contribution >= 0.6 is 22.6 Å². The van der Waals surface area contributed by atoms with E-state index in [0.29, 0.717) is 12.3 Å². The zero-order chi connectivity index (χ0) is 37.8. The van der Waals surface area contributed by atoms with E-state index in [1.807, 2.05) is 12.2 Å². The molecule has 0 spiro atoms. The third kappa shape index (κ3) is 19.6. The van der Waals surface area contributed by atoms with Gasteiger partial charge in [0.25, 0.3) is 5.91 Å². The van der Waals surface area contributed by atoms with Gasteiger partial charge in [0.05, 0.1) is 14.2 Å². The summed E-state index contributed by atoms with van der Waals surface area (Å²) < 4.78 is 17.3. The van der Waals surface area contributed by atoms with Gasteiger partial charge < -0.3 is 40.8 Å². The molecule has 5 N–H and O–H groups in total. The maximum Gasteiger partial charge on any atom is 0.344 e. The Kier molecular flexibility index (Phi) is 24.5. The van der Waals surface area contributed by atoms with Gasteiger partial charge in [-0.15, -0.1) is 0 Å². The number of hydrogen-bond donors (Lipinski definition) is 5. The molecule has 3 rings (SSSR count). The summed E-state index contributed by atoms with van der Waals surface area (Å²) in [6, 6.07) is 6.33. The fraction of sp³-hybridized carbons (Fsp3) is 0.667. The van der Waals surface area contributed by atoms with E-state index in [9.17, 15) is 9.59 Å². The Labute approximate surface area is 333 Å². The summed E-state index contributed by atoms with van der Waals surface area (Å²) in [6.45, 7) is 8.84. The van der Waals surface area contributed by atoms with Crippen LogP contribution in [0.1, 0.15) is 102 Å². The maximum atomic E-state index is 12.5. The molecule has 2 atom stereocenters. The number of methoxy groups -OCH3 is 2. The molecule has 0 aromatic heterocycles. The van der Waals surface area contributed by atoms with E-state index in [0.717, 1.165) is 64.5 Å². The van der Waals surface area contributed by atoms with Crippen molar-refractivity contribution in [1.29, 1.82) is 0 Å². The molecule has 1 amide bonds. The van der Waals surface area contributed by atoms with E-state index < -0.39 is 12.1 Å². The third-order valence-electron chi connectivity index (χ3n) is 9.74. The number of carbonyl (C=O) groups excluding carboxylic acids is 2. The van der Waals surface area contributed by atoms with Gasteiger partial charge in [-0.2, -0.15) is 0 Å². The number of allylic oxidation sites excluding steroid dienone is 1.